The topological polar surface area (TPSA) is 8.17 Å². The minimum atomic E-state index is 1.13. The molecule has 2 nitrogen and oxygen atoms in total. The summed E-state index contributed by atoms with van der Waals surface area (Å²) in [6.07, 6.45) is 3.40. The molecule has 0 aliphatic carbocycles. The van der Waals surface area contributed by atoms with Crippen LogP contribution in [0.15, 0.2) is 12.3 Å². The molecular formula is C10H16N2. The van der Waals surface area contributed by atoms with E-state index >= 15 is 0 Å². The quantitative estimate of drug-likeness (QED) is 0.609. The highest BCUT2D eigenvalue weighted by molar-refractivity contribution is 5.24. The molecule has 0 N–H and O–H groups in total. The Morgan fingerprint density at radius 1 is 1.50 bits per heavy atom. The fourth-order valence-electron chi connectivity index (χ4n) is 1.89. The van der Waals surface area contributed by atoms with E-state index in [0.29, 0.717) is 0 Å². The Labute approximate surface area is 73.8 Å². The number of aryl methyl sites for hydroxylation is 1. The van der Waals surface area contributed by atoms with Crippen LogP contribution in [-0.4, -0.2) is 22.6 Å². The third kappa shape index (κ3) is 1.16. The molecule has 2 heteroatoms. The fraction of sp³-hybridized carbons (Fsp3) is 0.600. The third-order valence-electron chi connectivity index (χ3n) is 2.81. The summed E-state index contributed by atoms with van der Waals surface area (Å²) in [5.41, 5.74) is 3.05. The van der Waals surface area contributed by atoms with Gasteiger partial charge in [-0.3, -0.25) is 4.90 Å². The highest BCUT2D eigenvalue weighted by Gasteiger charge is 2.16. The molecule has 0 amide bonds. The van der Waals surface area contributed by atoms with Gasteiger partial charge in [0.15, 0.2) is 0 Å². The lowest BCUT2D eigenvalue weighted by atomic mass is 10.1. The second-order valence-corrected chi connectivity index (χ2v) is 3.52. The second kappa shape index (κ2) is 2.94. The van der Waals surface area contributed by atoms with Crippen molar-refractivity contribution in [2.24, 2.45) is 7.05 Å². The number of aromatic nitrogens is 1. The summed E-state index contributed by atoms with van der Waals surface area (Å²) in [5.74, 6) is 0. The Hall–Kier alpha value is -0.760. The Kier molecular flexibility index (Phi) is 1.93. The van der Waals surface area contributed by atoms with Gasteiger partial charge in [0.25, 0.3) is 0 Å². The Bertz CT molecular complexity index is 275. The van der Waals surface area contributed by atoms with E-state index in [1.54, 1.807) is 5.56 Å². The molecule has 0 spiro atoms. The van der Waals surface area contributed by atoms with Crippen LogP contribution in [-0.2, 0) is 20.0 Å². The van der Waals surface area contributed by atoms with Gasteiger partial charge < -0.3 is 4.57 Å². The zero-order valence-electron chi connectivity index (χ0n) is 7.88. The minimum Gasteiger partial charge on any atom is -0.353 e. The molecule has 1 aliphatic rings. The van der Waals surface area contributed by atoms with Crippen LogP contribution in [0.2, 0.25) is 0 Å². The molecule has 2 rings (SSSR count). The summed E-state index contributed by atoms with van der Waals surface area (Å²) in [4.78, 5) is 2.49. The van der Waals surface area contributed by atoms with Gasteiger partial charge in [-0.05, 0) is 24.6 Å². The standard InChI is InChI=1S/C10H16N2/c1-3-12-7-5-9-4-6-11(2)10(9)8-12/h4,6H,3,5,7-8H2,1-2H3. The van der Waals surface area contributed by atoms with E-state index < -0.39 is 0 Å². The van der Waals surface area contributed by atoms with E-state index in [0.717, 1.165) is 6.54 Å². The Morgan fingerprint density at radius 3 is 3.08 bits per heavy atom. The van der Waals surface area contributed by atoms with E-state index in [9.17, 15) is 0 Å². The van der Waals surface area contributed by atoms with Gasteiger partial charge in [0.2, 0.25) is 0 Å². The summed E-state index contributed by atoms with van der Waals surface area (Å²) in [6, 6.07) is 2.25. The Balaban J connectivity index is 2.26. The monoisotopic (exact) mass is 164 g/mol. The summed E-state index contributed by atoms with van der Waals surface area (Å²) < 4.78 is 2.25. The maximum atomic E-state index is 2.49. The summed E-state index contributed by atoms with van der Waals surface area (Å²) in [7, 11) is 2.14. The van der Waals surface area contributed by atoms with Crippen molar-refractivity contribution in [2.75, 3.05) is 13.1 Å². The normalized spacial score (nSPS) is 17.8. The summed E-state index contributed by atoms with van der Waals surface area (Å²) in [5, 5.41) is 0. The highest BCUT2D eigenvalue weighted by atomic mass is 15.1. The first-order valence-electron chi connectivity index (χ1n) is 4.66. The minimum absolute atomic E-state index is 1.13. The van der Waals surface area contributed by atoms with Crippen LogP contribution in [0.25, 0.3) is 0 Å². The van der Waals surface area contributed by atoms with E-state index in [1.165, 1.54) is 25.2 Å². The third-order valence-corrected chi connectivity index (χ3v) is 2.81. The fourth-order valence-corrected chi connectivity index (χ4v) is 1.89. The zero-order valence-corrected chi connectivity index (χ0v) is 7.88. The average Bonchev–Trinajstić information content (AvgIpc) is 2.47. The van der Waals surface area contributed by atoms with Crippen LogP contribution in [0.1, 0.15) is 18.2 Å². The van der Waals surface area contributed by atoms with Gasteiger partial charge in [0.05, 0.1) is 0 Å². The van der Waals surface area contributed by atoms with Crippen molar-refractivity contribution >= 4 is 0 Å². The molecule has 0 atom stereocenters. The predicted molar refractivity (Wildman–Crippen MR) is 50.1 cm³/mol. The molecule has 0 radical (unpaired) electrons. The van der Waals surface area contributed by atoms with Gasteiger partial charge in [-0.25, -0.2) is 0 Å². The number of hydrogen-bond donors (Lipinski definition) is 0. The molecule has 0 aromatic carbocycles. The van der Waals surface area contributed by atoms with Gasteiger partial charge in [-0.2, -0.15) is 0 Å². The van der Waals surface area contributed by atoms with Crippen LogP contribution in [0.4, 0.5) is 0 Å². The first-order chi connectivity index (χ1) is 5.81. The van der Waals surface area contributed by atoms with Gasteiger partial charge in [-0.1, -0.05) is 6.92 Å². The molecular weight excluding hydrogens is 148 g/mol. The van der Waals surface area contributed by atoms with Crippen molar-refractivity contribution in [2.45, 2.75) is 19.9 Å². The van der Waals surface area contributed by atoms with Crippen molar-refractivity contribution in [3.05, 3.63) is 23.5 Å². The summed E-state index contributed by atoms with van der Waals surface area (Å²) in [6.45, 7) is 5.77. The molecule has 1 aromatic rings. The van der Waals surface area contributed by atoms with Crippen LogP contribution < -0.4 is 0 Å². The lowest BCUT2D eigenvalue weighted by molar-refractivity contribution is 0.261. The Morgan fingerprint density at radius 2 is 2.33 bits per heavy atom. The smallest absolute Gasteiger partial charge is 0.0389 e. The molecule has 0 saturated carbocycles. The SMILES string of the molecule is CCN1CCc2ccn(C)c2C1. The number of nitrogens with zero attached hydrogens (tertiary/aromatic N) is 2. The van der Waals surface area contributed by atoms with Crippen molar-refractivity contribution in [3.8, 4) is 0 Å². The van der Waals surface area contributed by atoms with Crippen molar-refractivity contribution in [1.29, 1.82) is 0 Å². The van der Waals surface area contributed by atoms with E-state index in [2.05, 4.69) is 35.7 Å². The first-order valence-corrected chi connectivity index (χ1v) is 4.66. The second-order valence-electron chi connectivity index (χ2n) is 3.52. The molecule has 1 aliphatic heterocycles. The lowest BCUT2D eigenvalue weighted by Crippen LogP contribution is -2.30. The number of likely N-dealkylation sites (N-methyl/N-ethyl adjacent to an activating group) is 1. The highest BCUT2D eigenvalue weighted by Crippen LogP contribution is 2.18. The van der Waals surface area contributed by atoms with E-state index in [-0.39, 0.29) is 0 Å². The zero-order chi connectivity index (χ0) is 8.55. The molecule has 1 aromatic heterocycles. The predicted octanol–water partition coefficient (Wildman–Crippen LogP) is 1.40. The van der Waals surface area contributed by atoms with Crippen LogP contribution in [0.5, 0.6) is 0 Å². The van der Waals surface area contributed by atoms with Gasteiger partial charge in [0.1, 0.15) is 0 Å². The average molecular weight is 164 g/mol. The molecule has 12 heavy (non-hydrogen) atoms. The van der Waals surface area contributed by atoms with Crippen molar-refractivity contribution < 1.29 is 0 Å². The first kappa shape index (κ1) is 7.87. The molecule has 2 heterocycles. The maximum absolute atomic E-state index is 2.49. The van der Waals surface area contributed by atoms with E-state index in [4.69, 9.17) is 0 Å². The van der Waals surface area contributed by atoms with Gasteiger partial charge in [-0.15, -0.1) is 0 Å². The molecule has 0 saturated heterocycles. The van der Waals surface area contributed by atoms with Crippen LogP contribution in [0.3, 0.4) is 0 Å². The molecule has 66 valence electrons. The largest absolute Gasteiger partial charge is 0.353 e. The molecule has 0 bridgehead atoms. The maximum Gasteiger partial charge on any atom is 0.0389 e. The molecule has 0 fully saturated rings. The number of hydrogen-bond acceptors (Lipinski definition) is 1. The van der Waals surface area contributed by atoms with E-state index in [1.807, 2.05) is 0 Å². The van der Waals surface area contributed by atoms with Crippen LogP contribution >= 0.6 is 0 Å². The lowest BCUT2D eigenvalue weighted by Gasteiger charge is -2.26. The van der Waals surface area contributed by atoms with Crippen LogP contribution in [0, 0.1) is 0 Å². The number of rotatable bonds is 1. The van der Waals surface area contributed by atoms with Gasteiger partial charge >= 0.3 is 0 Å². The van der Waals surface area contributed by atoms with Crippen molar-refractivity contribution in [3.63, 3.8) is 0 Å². The van der Waals surface area contributed by atoms with Crippen molar-refractivity contribution in [1.82, 2.24) is 9.47 Å². The molecule has 0 unspecified atom stereocenters. The van der Waals surface area contributed by atoms with Gasteiger partial charge in [0, 0.05) is 32.0 Å². The summed E-state index contributed by atoms with van der Waals surface area (Å²) >= 11 is 0. The number of fused-ring (bicyclic) bond motifs is 1.